The minimum absolute atomic E-state index is 0.00133. The monoisotopic (exact) mass is 388 g/mol. The number of carbonyl (C=O) groups is 1. The summed E-state index contributed by atoms with van der Waals surface area (Å²) in [6.45, 7) is 7.15. The number of hydrogen-bond acceptors (Lipinski definition) is 4. The van der Waals surface area contributed by atoms with E-state index in [-0.39, 0.29) is 40.6 Å². The molecule has 1 amide bonds. The second-order valence-electron chi connectivity index (χ2n) is 9.60. The highest BCUT2D eigenvalue weighted by atomic mass is 32.2. The van der Waals surface area contributed by atoms with Gasteiger partial charge in [0.2, 0.25) is 10.0 Å². The highest BCUT2D eigenvalue weighted by Gasteiger charge is 2.73. The van der Waals surface area contributed by atoms with Gasteiger partial charge in [0.05, 0.1) is 11.8 Å². The van der Waals surface area contributed by atoms with Crippen LogP contribution in [0.4, 0.5) is 0 Å². The van der Waals surface area contributed by atoms with Gasteiger partial charge in [-0.2, -0.15) is 0 Å². The van der Waals surface area contributed by atoms with Gasteiger partial charge < -0.3 is 0 Å². The number of benzene rings is 1. The summed E-state index contributed by atoms with van der Waals surface area (Å²) in [4.78, 5) is 15.5. The first-order valence-corrected chi connectivity index (χ1v) is 11.7. The van der Waals surface area contributed by atoms with Crippen LogP contribution >= 0.6 is 0 Å². The zero-order chi connectivity index (χ0) is 19.2. The number of amides is 1. The first-order chi connectivity index (χ1) is 12.7. The Bertz CT molecular complexity index is 897. The molecule has 5 rings (SSSR count). The van der Waals surface area contributed by atoms with Crippen LogP contribution in [0.25, 0.3) is 0 Å². The zero-order valence-electron chi connectivity index (χ0n) is 16.3. The van der Waals surface area contributed by atoms with E-state index in [1.54, 1.807) is 0 Å². The molecule has 1 spiro atoms. The molecule has 2 aliphatic heterocycles. The molecule has 2 heterocycles. The highest BCUT2D eigenvalue weighted by Crippen LogP contribution is 2.70. The van der Waals surface area contributed by atoms with E-state index in [1.165, 1.54) is 4.31 Å². The van der Waals surface area contributed by atoms with Gasteiger partial charge in [-0.25, -0.2) is 12.7 Å². The Morgan fingerprint density at radius 2 is 1.93 bits per heavy atom. The molecule has 2 saturated carbocycles. The van der Waals surface area contributed by atoms with Gasteiger partial charge in [0.1, 0.15) is 6.04 Å². The van der Waals surface area contributed by atoms with E-state index < -0.39 is 10.0 Å². The van der Waals surface area contributed by atoms with Crippen LogP contribution in [0.2, 0.25) is 0 Å². The van der Waals surface area contributed by atoms with Crippen molar-refractivity contribution in [3.8, 4) is 0 Å². The molecule has 1 aromatic carbocycles. The van der Waals surface area contributed by atoms with Gasteiger partial charge in [-0.15, -0.1) is 0 Å². The van der Waals surface area contributed by atoms with Crippen LogP contribution < -0.4 is 0 Å². The average Bonchev–Trinajstić information content (AvgIpc) is 2.97. The maximum Gasteiger partial charge on any atom is 0.255 e. The summed E-state index contributed by atoms with van der Waals surface area (Å²) in [5.74, 6) is 0.494. The number of fused-ring (bicyclic) bond motifs is 1. The summed E-state index contributed by atoms with van der Waals surface area (Å²) in [5, 5.41) is 0. The SMILES string of the molecule is C[C@@H]1[C@H](C(=O)N2[C@H]3C[C@@H]4CC[C@@]3(CS2(=O)=O)C4(C)C)N1Cc1ccccc1. The van der Waals surface area contributed by atoms with Crippen LogP contribution in [0.15, 0.2) is 30.3 Å². The van der Waals surface area contributed by atoms with Crippen molar-refractivity contribution in [2.75, 3.05) is 5.75 Å². The molecule has 2 bridgehead atoms. The standard InChI is InChI=1S/C21H28N2O3S/c1-14-18(22(14)12-15-7-5-4-6-8-15)19(24)23-17-11-16-9-10-21(17,20(16,2)3)13-27(23,25)26/h4-8,14,16-18H,9-13H2,1-3H3/t14-,16+,17+,18-,21+,22?/m1/s1. The van der Waals surface area contributed by atoms with E-state index in [9.17, 15) is 13.2 Å². The largest absolute Gasteiger partial charge is 0.281 e. The van der Waals surface area contributed by atoms with Crippen LogP contribution in [-0.4, -0.2) is 47.4 Å². The topological polar surface area (TPSA) is 57.5 Å². The van der Waals surface area contributed by atoms with E-state index in [0.717, 1.165) is 24.8 Å². The summed E-state index contributed by atoms with van der Waals surface area (Å²) in [7, 11) is -3.53. The van der Waals surface area contributed by atoms with Gasteiger partial charge in [0.25, 0.3) is 5.91 Å². The lowest BCUT2D eigenvalue weighted by Crippen LogP contribution is -2.46. The fourth-order valence-corrected chi connectivity index (χ4v) is 9.06. The molecule has 5 nitrogen and oxygen atoms in total. The molecule has 1 aromatic rings. The molecular formula is C21H28N2O3S. The number of hydrogen-bond donors (Lipinski definition) is 0. The Kier molecular flexibility index (Phi) is 3.50. The minimum atomic E-state index is -3.53. The average molecular weight is 389 g/mol. The number of carbonyl (C=O) groups excluding carboxylic acids is 1. The molecule has 1 unspecified atom stereocenters. The van der Waals surface area contributed by atoms with Gasteiger partial charge in [0, 0.05) is 18.0 Å². The maximum absolute atomic E-state index is 13.4. The summed E-state index contributed by atoms with van der Waals surface area (Å²) in [6.07, 6.45) is 2.88. The van der Waals surface area contributed by atoms with Gasteiger partial charge in [0.15, 0.2) is 0 Å². The lowest BCUT2D eigenvalue weighted by molar-refractivity contribution is -0.129. The third-order valence-electron chi connectivity index (χ3n) is 8.34. The summed E-state index contributed by atoms with van der Waals surface area (Å²) in [5.41, 5.74) is 0.911. The minimum Gasteiger partial charge on any atom is -0.281 e. The number of nitrogens with zero attached hydrogens (tertiary/aromatic N) is 2. The molecule has 6 heteroatoms. The van der Waals surface area contributed by atoms with E-state index in [2.05, 4.69) is 18.7 Å². The molecule has 2 saturated heterocycles. The van der Waals surface area contributed by atoms with Gasteiger partial charge in [-0.1, -0.05) is 44.2 Å². The van der Waals surface area contributed by atoms with Crippen molar-refractivity contribution in [1.82, 2.24) is 9.21 Å². The van der Waals surface area contributed by atoms with Crippen molar-refractivity contribution < 1.29 is 13.2 Å². The molecule has 0 radical (unpaired) electrons. The zero-order valence-corrected chi connectivity index (χ0v) is 17.1. The fourth-order valence-electron chi connectivity index (χ4n) is 6.50. The third kappa shape index (κ3) is 2.20. The maximum atomic E-state index is 13.4. The Balaban J connectivity index is 1.41. The second kappa shape index (κ2) is 5.35. The van der Waals surface area contributed by atoms with E-state index in [0.29, 0.717) is 12.5 Å². The second-order valence-corrected chi connectivity index (χ2v) is 11.4. The van der Waals surface area contributed by atoms with Crippen molar-refractivity contribution in [1.29, 1.82) is 0 Å². The normalized spacial score (nSPS) is 42.9. The lowest BCUT2D eigenvalue weighted by atomic mass is 9.69. The molecule has 0 N–H and O–H groups in total. The predicted octanol–water partition coefficient (Wildman–Crippen LogP) is 2.63. The highest BCUT2D eigenvalue weighted by molar-refractivity contribution is 7.90. The smallest absolute Gasteiger partial charge is 0.255 e. The first-order valence-electron chi connectivity index (χ1n) is 10.0. The Labute approximate surface area is 161 Å². The number of rotatable bonds is 3. The van der Waals surface area contributed by atoms with Gasteiger partial charge in [-0.3, -0.25) is 9.69 Å². The quantitative estimate of drug-likeness (QED) is 0.747. The lowest BCUT2D eigenvalue weighted by Gasteiger charge is -2.37. The Hall–Kier alpha value is -1.40. The Morgan fingerprint density at radius 1 is 1.22 bits per heavy atom. The van der Waals surface area contributed by atoms with E-state index in [4.69, 9.17) is 0 Å². The number of sulfonamides is 1. The van der Waals surface area contributed by atoms with Crippen molar-refractivity contribution in [3.63, 3.8) is 0 Å². The predicted molar refractivity (Wildman–Crippen MR) is 103 cm³/mol. The molecule has 146 valence electrons. The van der Waals surface area contributed by atoms with Crippen LogP contribution in [0.5, 0.6) is 0 Å². The molecule has 0 aromatic heterocycles. The van der Waals surface area contributed by atoms with Crippen molar-refractivity contribution in [2.24, 2.45) is 16.7 Å². The third-order valence-corrected chi connectivity index (χ3v) is 10.3. The summed E-state index contributed by atoms with van der Waals surface area (Å²) in [6, 6.07) is 9.71. The first kappa shape index (κ1) is 17.7. The van der Waals surface area contributed by atoms with Crippen molar-refractivity contribution in [2.45, 2.75) is 64.7 Å². The van der Waals surface area contributed by atoms with Crippen molar-refractivity contribution in [3.05, 3.63) is 35.9 Å². The molecule has 4 fully saturated rings. The van der Waals surface area contributed by atoms with E-state index >= 15 is 0 Å². The molecule has 6 atom stereocenters. The molecule has 27 heavy (non-hydrogen) atoms. The van der Waals surface area contributed by atoms with Crippen LogP contribution in [0, 0.1) is 16.7 Å². The summed E-state index contributed by atoms with van der Waals surface area (Å²) >= 11 is 0. The molecule has 2 aliphatic carbocycles. The fraction of sp³-hybridized carbons (Fsp3) is 0.667. The Morgan fingerprint density at radius 3 is 2.59 bits per heavy atom. The van der Waals surface area contributed by atoms with Gasteiger partial charge >= 0.3 is 0 Å². The summed E-state index contributed by atoms with van der Waals surface area (Å²) < 4.78 is 27.5. The van der Waals surface area contributed by atoms with Crippen molar-refractivity contribution >= 4 is 15.9 Å². The van der Waals surface area contributed by atoms with Crippen LogP contribution in [0.3, 0.4) is 0 Å². The van der Waals surface area contributed by atoms with Gasteiger partial charge in [-0.05, 0) is 43.1 Å². The molecule has 4 aliphatic rings. The molecular weight excluding hydrogens is 360 g/mol. The van der Waals surface area contributed by atoms with E-state index in [1.807, 2.05) is 37.3 Å². The van der Waals surface area contributed by atoms with Crippen LogP contribution in [0.1, 0.15) is 45.6 Å². The van der Waals surface area contributed by atoms with Crippen LogP contribution in [-0.2, 0) is 21.4 Å².